The molecule has 0 aliphatic heterocycles. The number of nitro groups is 1. The number of amides is 1. The van der Waals surface area contributed by atoms with Crippen molar-refractivity contribution in [1.82, 2.24) is 0 Å². The van der Waals surface area contributed by atoms with E-state index in [9.17, 15) is 32.9 Å². The fraction of sp³-hybridized carbons (Fsp3) is 0.231. The fourth-order valence-electron chi connectivity index (χ4n) is 1.50. The molecule has 0 fully saturated rings. The first-order chi connectivity index (χ1) is 10.6. The lowest BCUT2D eigenvalue weighted by atomic mass is 10.1. The first kappa shape index (κ1) is 18.1. The molecule has 0 unspecified atom stereocenters. The number of anilines is 1. The van der Waals surface area contributed by atoms with Crippen LogP contribution in [-0.4, -0.2) is 23.4 Å². The molecule has 1 amide bonds. The van der Waals surface area contributed by atoms with E-state index in [2.05, 4.69) is 4.74 Å². The highest BCUT2D eigenvalue weighted by atomic mass is 19.4. The highest BCUT2D eigenvalue weighted by Gasteiger charge is 2.35. The third-order valence-corrected chi connectivity index (χ3v) is 2.44. The molecular formula is C13H11F3N2O5. The van der Waals surface area contributed by atoms with Crippen molar-refractivity contribution >= 4 is 23.3 Å². The number of hydrogen-bond acceptors (Lipinski definition) is 5. The van der Waals surface area contributed by atoms with Crippen LogP contribution in [0.3, 0.4) is 0 Å². The van der Waals surface area contributed by atoms with Gasteiger partial charge >= 0.3 is 12.1 Å². The lowest BCUT2D eigenvalue weighted by Crippen LogP contribution is -2.22. The molecule has 1 rings (SSSR count). The summed E-state index contributed by atoms with van der Waals surface area (Å²) in [4.78, 5) is 32.1. The summed E-state index contributed by atoms with van der Waals surface area (Å²) in [5.41, 5.74) is -2.81. The Morgan fingerprint density at radius 2 is 2.04 bits per heavy atom. The van der Waals surface area contributed by atoms with Crippen molar-refractivity contribution in [2.24, 2.45) is 0 Å². The zero-order valence-electron chi connectivity index (χ0n) is 11.7. The van der Waals surface area contributed by atoms with Crippen LogP contribution in [-0.2, 0) is 20.5 Å². The van der Waals surface area contributed by atoms with Gasteiger partial charge in [-0.3, -0.25) is 14.9 Å². The molecule has 7 nitrogen and oxygen atoms in total. The summed E-state index contributed by atoms with van der Waals surface area (Å²) in [6, 6.07) is 1.88. The van der Waals surface area contributed by atoms with E-state index in [-0.39, 0.29) is 0 Å². The number of rotatable bonds is 5. The number of ether oxygens (including phenoxy) is 1. The number of nitrogens with zero attached hydrogens (tertiary/aromatic N) is 1. The molecule has 0 saturated heterocycles. The van der Waals surface area contributed by atoms with E-state index in [1.807, 2.05) is 5.32 Å². The van der Waals surface area contributed by atoms with Gasteiger partial charge in [-0.25, -0.2) is 4.79 Å². The van der Waals surface area contributed by atoms with Crippen LogP contribution in [0.25, 0.3) is 0 Å². The minimum Gasteiger partial charge on any atom is -0.452 e. The number of carbonyl (C=O) groups excluding carboxylic acids is 2. The first-order valence-electron chi connectivity index (χ1n) is 6.10. The van der Waals surface area contributed by atoms with Crippen LogP contribution in [0.2, 0.25) is 0 Å². The average molecular weight is 332 g/mol. The number of nitro benzene ring substituents is 1. The fourth-order valence-corrected chi connectivity index (χ4v) is 1.50. The van der Waals surface area contributed by atoms with Crippen molar-refractivity contribution in [3.8, 4) is 0 Å². The van der Waals surface area contributed by atoms with E-state index in [1.165, 1.54) is 13.0 Å². The summed E-state index contributed by atoms with van der Waals surface area (Å²) in [5.74, 6) is -1.84. The Labute approximate surface area is 127 Å². The van der Waals surface area contributed by atoms with Gasteiger partial charge in [0.05, 0.1) is 16.2 Å². The topological polar surface area (TPSA) is 98.5 Å². The predicted molar refractivity (Wildman–Crippen MR) is 72.5 cm³/mol. The minimum absolute atomic E-state index is 0.307. The molecule has 0 radical (unpaired) electrons. The molecule has 0 spiro atoms. The lowest BCUT2D eigenvalue weighted by molar-refractivity contribution is -0.385. The Hall–Kier alpha value is -2.91. The first-order valence-corrected chi connectivity index (χ1v) is 6.10. The Kier molecular flexibility index (Phi) is 5.82. The molecular weight excluding hydrogens is 321 g/mol. The number of esters is 1. The highest BCUT2D eigenvalue weighted by Crippen LogP contribution is 2.37. The van der Waals surface area contributed by atoms with E-state index < -0.39 is 46.5 Å². The molecule has 0 aliphatic carbocycles. The highest BCUT2D eigenvalue weighted by molar-refractivity contribution is 5.94. The minimum atomic E-state index is -4.91. The number of allylic oxidation sites excluding steroid dienone is 1. The second-order valence-corrected chi connectivity index (χ2v) is 4.14. The molecule has 10 heteroatoms. The van der Waals surface area contributed by atoms with Crippen molar-refractivity contribution in [1.29, 1.82) is 0 Å². The van der Waals surface area contributed by atoms with E-state index in [1.54, 1.807) is 0 Å². The van der Waals surface area contributed by atoms with Gasteiger partial charge in [-0.15, -0.1) is 0 Å². The van der Waals surface area contributed by atoms with Crippen LogP contribution in [0.15, 0.2) is 30.4 Å². The maximum Gasteiger partial charge on any atom is 0.418 e. The third kappa shape index (κ3) is 5.41. The maximum atomic E-state index is 12.9. The van der Waals surface area contributed by atoms with Gasteiger partial charge in [-0.2, -0.15) is 13.2 Å². The largest absolute Gasteiger partial charge is 0.452 e. The molecule has 0 bridgehead atoms. The van der Waals surface area contributed by atoms with E-state index >= 15 is 0 Å². The number of non-ortho nitro benzene ring substituents is 1. The van der Waals surface area contributed by atoms with Gasteiger partial charge in [0.2, 0.25) is 0 Å². The second kappa shape index (κ2) is 7.38. The van der Waals surface area contributed by atoms with Gasteiger partial charge in [-0.05, 0) is 13.0 Å². The summed E-state index contributed by atoms with van der Waals surface area (Å²) in [7, 11) is 0. The maximum absolute atomic E-state index is 12.9. The van der Waals surface area contributed by atoms with Crippen molar-refractivity contribution < 1.29 is 32.4 Å². The van der Waals surface area contributed by atoms with Crippen LogP contribution in [0, 0.1) is 10.1 Å². The zero-order valence-corrected chi connectivity index (χ0v) is 11.7. The molecule has 0 saturated carbocycles. The summed E-state index contributed by atoms with van der Waals surface area (Å²) in [6.07, 6.45) is -2.52. The Morgan fingerprint density at radius 1 is 1.39 bits per heavy atom. The predicted octanol–water partition coefficient (Wildman–Crippen LogP) is 2.67. The number of halogens is 3. The molecule has 0 aliphatic rings. The van der Waals surface area contributed by atoms with Gasteiger partial charge in [-0.1, -0.05) is 6.08 Å². The van der Waals surface area contributed by atoms with Crippen molar-refractivity contribution in [2.45, 2.75) is 13.1 Å². The average Bonchev–Trinajstić information content (AvgIpc) is 2.44. The van der Waals surface area contributed by atoms with Crippen molar-refractivity contribution in [3.63, 3.8) is 0 Å². The van der Waals surface area contributed by atoms with Gasteiger partial charge in [0.25, 0.3) is 11.6 Å². The van der Waals surface area contributed by atoms with Crippen LogP contribution in [0.5, 0.6) is 0 Å². The number of hydrogen-bond donors (Lipinski definition) is 1. The molecule has 0 atom stereocenters. The molecule has 0 heterocycles. The normalized spacial score (nSPS) is 11.3. The molecule has 124 valence electrons. The SMILES string of the molecule is CC=CC(=O)OCC(=O)Nc1ccc([N+](=O)[O-])cc1C(F)(F)F. The van der Waals surface area contributed by atoms with Crippen LogP contribution in [0.1, 0.15) is 12.5 Å². The number of carbonyl (C=O) groups is 2. The Bertz CT molecular complexity index is 656. The summed E-state index contributed by atoms with van der Waals surface area (Å²) < 4.78 is 43.1. The Morgan fingerprint density at radius 3 is 2.57 bits per heavy atom. The van der Waals surface area contributed by atoms with Gasteiger partial charge in [0.1, 0.15) is 0 Å². The molecule has 1 N–H and O–H groups in total. The summed E-state index contributed by atoms with van der Waals surface area (Å²) in [6.45, 7) is 0.741. The Balaban J connectivity index is 2.93. The van der Waals surface area contributed by atoms with Crippen molar-refractivity contribution in [2.75, 3.05) is 11.9 Å². The summed E-state index contributed by atoms with van der Waals surface area (Å²) >= 11 is 0. The molecule has 1 aromatic rings. The second-order valence-electron chi connectivity index (χ2n) is 4.14. The van der Waals surface area contributed by atoms with Crippen LogP contribution in [0.4, 0.5) is 24.5 Å². The smallest absolute Gasteiger partial charge is 0.418 e. The quantitative estimate of drug-likeness (QED) is 0.387. The van der Waals surface area contributed by atoms with E-state index in [0.29, 0.717) is 6.07 Å². The lowest BCUT2D eigenvalue weighted by Gasteiger charge is -2.13. The molecule has 0 aromatic heterocycles. The van der Waals surface area contributed by atoms with E-state index in [0.717, 1.165) is 18.2 Å². The van der Waals surface area contributed by atoms with E-state index in [4.69, 9.17) is 0 Å². The standard InChI is InChI=1S/C13H11F3N2O5/c1-2-3-12(20)23-7-11(19)17-10-5-4-8(18(21)22)6-9(10)13(14,15)16/h2-6H,7H2,1H3,(H,17,19). The number of benzene rings is 1. The van der Waals surface area contributed by atoms with Gasteiger partial charge in [0.15, 0.2) is 6.61 Å². The zero-order chi connectivity index (χ0) is 17.6. The summed E-state index contributed by atoms with van der Waals surface area (Å²) in [5, 5.41) is 12.4. The van der Waals surface area contributed by atoms with Gasteiger partial charge < -0.3 is 10.1 Å². The number of nitrogens with one attached hydrogen (secondary N) is 1. The molecule has 23 heavy (non-hydrogen) atoms. The molecule has 1 aromatic carbocycles. The van der Waals surface area contributed by atoms with Crippen molar-refractivity contribution in [3.05, 3.63) is 46.0 Å². The van der Waals surface area contributed by atoms with Crippen LogP contribution >= 0.6 is 0 Å². The third-order valence-electron chi connectivity index (χ3n) is 2.44. The van der Waals surface area contributed by atoms with Gasteiger partial charge in [0, 0.05) is 18.2 Å². The number of alkyl halides is 3. The van der Waals surface area contributed by atoms with Crippen LogP contribution < -0.4 is 5.32 Å². The monoisotopic (exact) mass is 332 g/mol.